The molecule has 0 saturated carbocycles. The van der Waals surface area contributed by atoms with Crippen LogP contribution in [-0.2, 0) is 20.0 Å². The van der Waals surface area contributed by atoms with Crippen LogP contribution in [0.2, 0.25) is 5.02 Å². The zero-order valence-corrected chi connectivity index (χ0v) is 14.1. The zero-order chi connectivity index (χ0) is 17.1. The molecule has 0 heterocycles. The number of nitrogens with one attached hydrogen (secondary N) is 1. The van der Waals surface area contributed by atoms with Crippen LogP contribution in [0.15, 0.2) is 58.8 Å². The lowest BCUT2D eigenvalue weighted by atomic mass is 10.2. The number of primary sulfonamides is 1. The first-order chi connectivity index (χ1) is 10.7. The van der Waals surface area contributed by atoms with Gasteiger partial charge in [-0.3, -0.25) is 4.72 Å². The van der Waals surface area contributed by atoms with E-state index in [1.807, 2.05) is 0 Å². The SMILES string of the molecule is NS(=O)(=O)c1ccccc1NS(=O)(=O)/C=C/c1ccc(Cl)cc1. The van der Waals surface area contributed by atoms with E-state index >= 15 is 0 Å². The maximum atomic E-state index is 12.1. The summed E-state index contributed by atoms with van der Waals surface area (Å²) in [6.07, 6.45) is 1.36. The van der Waals surface area contributed by atoms with Crippen LogP contribution >= 0.6 is 11.6 Å². The minimum Gasteiger partial charge on any atom is -0.279 e. The van der Waals surface area contributed by atoms with Crippen molar-refractivity contribution in [1.29, 1.82) is 0 Å². The molecule has 0 radical (unpaired) electrons. The Hall–Kier alpha value is -1.87. The van der Waals surface area contributed by atoms with Crippen molar-refractivity contribution in [2.45, 2.75) is 4.90 Å². The Morgan fingerprint density at radius 2 is 1.57 bits per heavy atom. The van der Waals surface area contributed by atoms with Gasteiger partial charge in [-0.05, 0) is 35.9 Å². The van der Waals surface area contributed by atoms with Crippen molar-refractivity contribution in [1.82, 2.24) is 0 Å². The Balaban J connectivity index is 2.27. The fourth-order valence-electron chi connectivity index (χ4n) is 1.73. The van der Waals surface area contributed by atoms with Crippen molar-refractivity contribution < 1.29 is 16.8 Å². The highest BCUT2D eigenvalue weighted by atomic mass is 35.5. The topological polar surface area (TPSA) is 106 Å². The number of halogens is 1. The second-order valence-electron chi connectivity index (χ2n) is 4.54. The number of sulfonamides is 2. The standard InChI is InChI=1S/C14H13ClN2O4S2/c15-12-7-5-11(6-8-12)9-10-22(18,19)17-13-3-1-2-4-14(13)23(16,20)21/h1-10,17H,(H2,16,20,21)/b10-9+. The molecule has 0 aliphatic heterocycles. The maximum Gasteiger partial charge on any atom is 0.255 e. The summed E-state index contributed by atoms with van der Waals surface area (Å²) in [7, 11) is -7.95. The van der Waals surface area contributed by atoms with Gasteiger partial charge in [-0.2, -0.15) is 0 Å². The third kappa shape index (κ3) is 5.07. The van der Waals surface area contributed by atoms with E-state index in [0.29, 0.717) is 10.6 Å². The summed E-state index contributed by atoms with van der Waals surface area (Å²) in [6, 6.07) is 12.0. The Bertz CT molecular complexity index is 937. The third-order valence-electron chi connectivity index (χ3n) is 2.76. The van der Waals surface area contributed by atoms with Crippen molar-refractivity contribution in [3.63, 3.8) is 0 Å². The normalized spacial score (nSPS) is 12.4. The summed E-state index contributed by atoms with van der Waals surface area (Å²) in [4.78, 5) is -0.302. The van der Waals surface area contributed by atoms with E-state index in [0.717, 1.165) is 5.41 Å². The average molecular weight is 373 g/mol. The first-order valence-corrected chi connectivity index (χ1v) is 9.73. The van der Waals surface area contributed by atoms with E-state index in [1.165, 1.54) is 30.3 Å². The van der Waals surface area contributed by atoms with Crippen molar-refractivity contribution >= 4 is 43.4 Å². The number of hydrogen-bond donors (Lipinski definition) is 2. The summed E-state index contributed by atoms with van der Waals surface area (Å²) < 4.78 is 49.2. The van der Waals surface area contributed by atoms with E-state index in [2.05, 4.69) is 4.72 Å². The molecule has 0 atom stereocenters. The van der Waals surface area contributed by atoms with Gasteiger partial charge in [-0.15, -0.1) is 0 Å². The molecule has 3 N–H and O–H groups in total. The Kier molecular flexibility index (Phi) is 5.10. The van der Waals surface area contributed by atoms with Gasteiger partial charge >= 0.3 is 0 Å². The van der Waals surface area contributed by atoms with Crippen LogP contribution in [-0.4, -0.2) is 16.8 Å². The molecule has 2 aromatic rings. The highest BCUT2D eigenvalue weighted by Gasteiger charge is 2.16. The van der Waals surface area contributed by atoms with Gasteiger partial charge in [0.25, 0.3) is 10.0 Å². The van der Waals surface area contributed by atoms with Gasteiger partial charge in [0.1, 0.15) is 4.90 Å². The van der Waals surface area contributed by atoms with Crippen LogP contribution in [0.4, 0.5) is 5.69 Å². The van der Waals surface area contributed by atoms with E-state index in [4.69, 9.17) is 16.7 Å². The fraction of sp³-hybridized carbons (Fsp3) is 0. The average Bonchev–Trinajstić information content (AvgIpc) is 2.46. The maximum absolute atomic E-state index is 12.1. The molecule has 2 rings (SSSR count). The van der Waals surface area contributed by atoms with Crippen LogP contribution in [0, 0.1) is 0 Å². The summed E-state index contributed by atoms with van der Waals surface area (Å²) in [5.41, 5.74) is 0.510. The summed E-state index contributed by atoms with van der Waals surface area (Å²) in [6.45, 7) is 0. The summed E-state index contributed by atoms with van der Waals surface area (Å²) in [5.74, 6) is 0. The number of benzene rings is 2. The molecule has 0 aliphatic rings. The molecule has 0 aromatic heterocycles. The highest BCUT2D eigenvalue weighted by molar-refractivity contribution is 7.95. The predicted octanol–water partition coefficient (Wildman–Crippen LogP) is 2.40. The van der Waals surface area contributed by atoms with E-state index in [9.17, 15) is 16.8 Å². The molecule has 0 spiro atoms. The number of nitrogens with two attached hydrogens (primary N) is 1. The zero-order valence-electron chi connectivity index (χ0n) is 11.7. The van der Waals surface area contributed by atoms with Crippen LogP contribution in [0.5, 0.6) is 0 Å². The van der Waals surface area contributed by atoms with E-state index in [-0.39, 0.29) is 10.6 Å². The molecule has 122 valence electrons. The van der Waals surface area contributed by atoms with Gasteiger partial charge in [0.05, 0.1) is 11.1 Å². The summed E-state index contributed by atoms with van der Waals surface area (Å²) >= 11 is 5.75. The highest BCUT2D eigenvalue weighted by Crippen LogP contribution is 2.21. The molecular weight excluding hydrogens is 360 g/mol. The number of anilines is 1. The Morgan fingerprint density at radius 1 is 0.957 bits per heavy atom. The largest absolute Gasteiger partial charge is 0.279 e. The van der Waals surface area contributed by atoms with Crippen molar-refractivity contribution in [2.75, 3.05) is 4.72 Å². The van der Waals surface area contributed by atoms with Crippen LogP contribution < -0.4 is 9.86 Å². The Labute approximate surface area is 139 Å². The van der Waals surface area contributed by atoms with Gasteiger partial charge in [-0.1, -0.05) is 35.9 Å². The van der Waals surface area contributed by atoms with Gasteiger partial charge in [0.2, 0.25) is 10.0 Å². The lowest BCUT2D eigenvalue weighted by Crippen LogP contribution is -2.17. The van der Waals surface area contributed by atoms with Crippen molar-refractivity contribution in [3.05, 3.63) is 64.5 Å². The lowest BCUT2D eigenvalue weighted by molar-refractivity contribution is 0.598. The minimum atomic E-state index is -4.04. The molecule has 23 heavy (non-hydrogen) atoms. The quantitative estimate of drug-likeness (QED) is 0.840. The van der Waals surface area contributed by atoms with Crippen LogP contribution in [0.1, 0.15) is 5.56 Å². The molecule has 0 saturated heterocycles. The molecule has 9 heteroatoms. The molecule has 0 amide bonds. The number of para-hydroxylation sites is 1. The molecule has 0 fully saturated rings. The number of rotatable bonds is 5. The van der Waals surface area contributed by atoms with Crippen molar-refractivity contribution in [2.24, 2.45) is 5.14 Å². The molecule has 0 bridgehead atoms. The molecular formula is C14H13ClN2O4S2. The van der Waals surface area contributed by atoms with Crippen LogP contribution in [0.3, 0.4) is 0 Å². The minimum absolute atomic E-state index is 0.115. The molecule has 0 aliphatic carbocycles. The second kappa shape index (κ2) is 6.71. The first kappa shape index (κ1) is 17.5. The predicted molar refractivity (Wildman–Crippen MR) is 90.8 cm³/mol. The van der Waals surface area contributed by atoms with Crippen molar-refractivity contribution in [3.8, 4) is 0 Å². The van der Waals surface area contributed by atoms with E-state index < -0.39 is 20.0 Å². The molecule has 0 unspecified atom stereocenters. The summed E-state index contributed by atoms with van der Waals surface area (Å²) in [5, 5.41) is 6.52. The number of hydrogen-bond acceptors (Lipinski definition) is 4. The second-order valence-corrected chi connectivity index (χ2v) is 8.08. The fourth-order valence-corrected chi connectivity index (χ4v) is 3.50. The monoisotopic (exact) mass is 372 g/mol. The van der Waals surface area contributed by atoms with E-state index in [1.54, 1.807) is 24.3 Å². The lowest BCUT2D eigenvalue weighted by Gasteiger charge is -2.08. The third-order valence-corrected chi connectivity index (χ3v) is 4.98. The van der Waals surface area contributed by atoms with Gasteiger partial charge in [0, 0.05) is 5.02 Å². The first-order valence-electron chi connectivity index (χ1n) is 6.26. The van der Waals surface area contributed by atoms with Gasteiger partial charge in [0.15, 0.2) is 0 Å². The smallest absolute Gasteiger partial charge is 0.255 e. The van der Waals surface area contributed by atoms with Gasteiger partial charge in [-0.25, -0.2) is 22.0 Å². The molecule has 6 nitrogen and oxygen atoms in total. The molecule has 2 aromatic carbocycles. The Morgan fingerprint density at radius 3 is 2.17 bits per heavy atom. The van der Waals surface area contributed by atoms with Crippen LogP contribution in [0.25, 0.3) is 6.08 Å². The van der Waals surface area contributed by atoms with Gasteiger partial charge < -0.3 is 0 Å².